The van der Waals surface area contributed by atoms with E-state index in [1.54, 1.807) is 39.4 Å². The van der Waals surface area contributed by atoms with Gasteiger partial charge in [-0.3, -0.25) is 9.36 Å². The second kappa shape index (κ2) is 9.93. The average Bonchev–Trinajstić information content (AvgIpc) is 3.16. The predicted octanol–water partition coefficient (Wildman–Crippen LogP) is 3.09. The van der Waals surface area contributed by atoms with E-state index in [0.29, 0.717) is 32.1 Å². The molecule has 174 valence electrons. The number of hydrogen-bond acceptors (Lipinski definition) is 7. The molecule has 0 bridgehead atoms. The van der Waals surface area contributed by atoms with Crippen LogP contribution in [0.5, 0.6) is 11.5 Å². The summed E-state index contributed by atoms with van der Waals surface area (Å²) < 4.78 is 17.7. The van der Waals surface area contributed by atoms with Gasteiger partial charge in [-0.15, -0.1) is 0 Å². The van der Waals surface area contributed by atoms with Crippen molar-refractivity contribution in [2.45, 2.75) is 13.0 Å². The Morgan fingerprint density at radius 1 is 1.03 bits per heavy atom. The Kier molecular flexibility index (Phi) is 6.79. The third kappa shape index (κ3) is 4.45. The molecule has 1 atom stereocenters. The van der Waals surface area contributed by atoms with Gasteiger partial charge in [0.2, 0.25) is 0 Å². The minimum absolute atomic E-state index is 0.241. The fraction of sp³-hybridized carbons (Fsp3) is 0.192. The van der Waals surface area contributed by atoms with Gasteiger partial charge < -0.3 is 14.2 Å². The van der Waals surface area contributed by atoms with E-state index in [1.165, 1.54) is 23.0 Å². The van der Waals surface area contributed by atoms with Crippen LogP contribution in [0.1, 0.15) is 24.1 Å². The molecule has 1 aliphatic rings. The van der Waals surface area contributed by atoms with E-state index in [4.69, 9.17) is 14.2 Å². The third-order valence-corrected chi connectivity index (χ3v) is 6.43. The number of thiazole rings is 1. The zero-order valence-corrected chi connectivity index (χ0v) is 20.1. The molecule has 2 aromatic carbocycles. The normalized spacial score (nSPS) is 15.8. The van der Waals surface area contributed by atoms with Gasteiger partial charge in [-0.25, -0.2) is 9.79 Å². The number of carbonyl (C=O) groups is 1. The minimum Gasteiger partial charge on any atom is -0.493 e. The zero-order chi connectivity index (χ0) is 24.2. The molecular weight excluding hydrogens is 452 g/mol. The Balaban J connectivity index is 1.86. The van der Waals surface area contributed by atoms with E-state index < -0.39 is 12.0 Å². The predicted molar refractivity (Wildman–Crippen MR) is 132 cm³/mol. The molecule has 1 unspecified atom stereocenters. The monoisotopic (exact) mass is 476 g/mol. The van der Waals surface area contributed by atoms with Crippen LogP contribution >= 0.6 is 11.3 Å². The van der Waals surface area contributed by atoms with Crippen molar-refractivity contribution >= 4 is 29.5 Å². The minimum atomic E-state index is -0.642. The molecular formula is C26H24N2O5S. The van der Waals surface area contributed by atoms with Crippen LogP contribution in [0.15, 0.2) is 75.7 Å². The quantitative estimate of drug-likeness (QED) is 0.511. The van der Waals surface area contributed by atoms with Crippen molar-refractivity contribution < 1.29 is 19.0 Å². The molecule has 0 aliphatic carbocycles. The lowest BCUT2D eigenvalue weighted by Gasteiger charge is -2.21. The number of nitrogens with zero attached hydrogens (tertiary/aromatic N) is 2. The third-order valence-electron chi connectivity index (χ3n) is 5.45. The molecule has 0 saturated heterocycles. The van der Waals surface area contributed by atoms with Crippen LogP contribution in [0.3, 0.4) is 0 Å². The van der Waals surface area contributed by atoms with Crippen LogP contribution in [0, 0.1) is 0 Å². The molecule has 3 aromatic rings. The summed E-state index contributed by atoms with van der Waals surface area (Å²) in [7, 11) is 4.45. The van der Waals surface area contributed by atoms with E-state index in [0.717, 1.165) is 11.1 Å². The summed E-state index contributed by atoms with van der Waals surface area (Å²) in [5, 5.41) is 0. The first kappa shape index (κ1) is 23.3. The Morgan fingerprint density at radius 3 is 2.44 bits per heavy atom. The molecule has 1 aromatic heterocycles. The molecule has 4 rings (SSSR count). The first-order valence-electron chi connectivity index (χ1n) is 10.5. The molecule has 0 spiro atoms. The molecule has 0 amide bonds. The molecule has 8 heteroatoms. The van der Waals surface area contributed by atoms with Crippen molar-refractivity contribution in [3.05, 3.63) is 96.7 Å². The van der Waals surface area contributed by atoms with Gasteiger partial charge in [0, 0.05) is 0 Å². The lowest BCUT2D eigenvalue weighted by Crippen LogP contribution is -2.38. The number of hydrogen-bond donors (Lipinski definition) is 0. The molecule has 2 heterocycles. The number of benzene rings is 2. The van der Waals surface area contributed by atoms with Crippen molar-refractivity contribution in [3.8, 4) is 11.5 Å². The molecule has 0 saturated carbocycles. The molecule has 0 radical (unpaired) electrons. The van der Waals surface area contributed by atoms with E-state index in [2.05, 4.69) is 4.99 Å². The number of rotatable bonds is 6. The SMILES string of the molecule is COC(=O)C1=C(C)N=c2sc(=Cc3ccc(OC)c(OC)c3)c(=O)n2C1C=Cc1ccccc1. The highest BCUT2D eigenvalue weighted by Crippen LogP contribution is 2.28. The van der Waals surface area contributed by atoms with Crippen molar-refractivity contribution in [3.63, 3.8) is 0 Å². The Hall–Kier alpha value is -3.91. The smallest absolute Gasteiger partial charge is 0.338 e. The molecule has 0 N–H and O–H groups in total. The van der Waals surface area contributed by atoms with Gasteiger partial charge in [-0.1, -0.05) is 59.9 Å². The molecule has 0 fully saturated rings. The lowest BCUT2D eigenvalue weighted by molar-refractivity contribution is -0.136. The molecule has 7 nitrogen and oxygen atoms in total. The van der Waals surface area contributed by atoms with Crippen LogP contribution in [-0.4, -0.2) is 31.9 Å². The maximum Gasteiger partial charge on any atom is 0.338 e. The highest BCUT2D eigenvalue weighted by atomic mass is 32.1. The van der Waals surface area contributed by atoms with Crippen LogP contribution in [-0.2, 0) is 9.53 Å². The van der Waals surface area contributed by atoms with Gasteiger partial charge in [0.15, 0.2) is 16.3 Å². The second-order valence-corrected chi connectivity index (χ2v) is 8.51. The number of methoxy groups -OCH3 is 3. The molecule has 1 aliphatic heterocycles. The highest BCUT2D eigenvalue weighted by molar-refractivity contribution is 7.07. The number of fused-ring (bicyclic) bond motifs is 1. The number of carbonyl (C=O) groups excluding carboxylic acids is 1. The summed E-state index contributed by atoms with van der Waals surface area (Å²) in [6.45, 7) is 1.75. The Morgan fingerprint density at radius 2 is 1.76 bits per heavy atom. The van der Waals surface area contributed by atoms with Crippen LogP contribution < -0.4 is 24.4 Å². The number of ether oxygens (including phenoxy) is 3. The van der Waals surface area contributed by atoms with Crippen molar-refractivity contribution in [1.29, 1.82) is 0 Å². The first-order chi connectivity index (χ1) is 16.5. The fourth-order valence-corrected chi connectivity index (χ4v) is 4.83. The van der Waals surface area contributed by atoms with Crippen molar-refractivity contribution in [2.24, 2.45) is 4.99 Å². The van der Waals surface area contributed by atoms with Gasteiger partial charge >= 0.3 is 5.97 Å². The Labute approximate surface area is 200 Å². The summed E-state index contributed by atoms with van der Waals surface area (Å²) in [6, 6.07) is 14.5. The van der Waals surface area contributed by atoms with Gasteiger partial charge in [0.25, 0.3) is 5.56 Å². The largest absolute Gasteiger partial charge is 0.493 e. The van der Waals surface area contributed by atoms with Gasteiger partial charge in [0.05, 0.1) is 43.2 Å². The fourth-order valence-electron chi connectivity index (χ4n) is 3.78. The second-order valence-electron chi connectivity index (χ2n) is 7.50. The van der Waals surface area contributed by atoms with Crippen LogP contribution in [0.4, 0.5) is 0 Å². The highest BCUT2D eigenvalue weighted by Gasteiger charge is 2.30. The number of aromatic nitrogens is 1. The van der Waals surface area contributed by atoms with Gasteiger partial charge in [0.1, 0.15) is 0 Å². The maximum absolute atomic E-state index is 13.5. The van der Waals surface area contributed by atoms with Crippen molar-refractivity contribution in [1.82, 2.24) is 4.57 Å². The van der Waals surface area contributed by atoms with Gasteiger partial charge in [-0.2, -0.15) is 0 Å². The summed E-state index contributed by atoms with van der Waals surface area (Å²) in [6.07, 6.45) is 5.50. The first-order valence-corrected chi connectivity index (χ1v) is 11.3. The average molecular weight is 477 g/mol. The van der Waals surface area contributed by atoms with E-state index in [9.17, 15) is 9.59 Å². The number of allylic oxidation sites excluding steroid dienone is 2. The summed E-state index contributed by atoms with van der Waals surface area (Å²) in [4.78, 5) is 31.2. The zero-order valence-electron chi connectivity index (χ0n) is 19.3. The molecule has 34 heavy (non-hydrogen) atoms. The van der Waals surface area contributed by atoms with Gasteiger partial charge in [-0.05, 0) is 36.3 Å². The Bertz CT molecular complexity index is 1470. The topological polar surface area (TPSA) is 79.1 Å². The van der Waals surface area contributed by atoms with E-state index >= 15 is 0 Å². The summed E-state index contributed by atoms with van der Waals surface area (Å²) in [5.41, 5.74) is 2.35. The summed E-state index contributed by atoms with van der Waals surface area (Å²) in [5.74, 6) is 0.653. The van der Waals surface area contributed by atoms with E-state index in [1.807, 2.05) is 48.6 Å². The maximum atomic E-state index is 13.5. The van der Waals surface area contributed by atoms with E-state index in [-0.39, 0.29) is 5.56 Å². The lowest BCUT2D eigenvalue weighted by atomic mass is 10.0. The van der Waals surface area contributed by atoms with Crippen LogP contribution in [0.2, 0.25) is 0 Å². The van der Waals surface area contributed by atoms with Crippen LogP contribution in [0.25, 0.3) is 12.2 Å². The standard InChI is InChI=1S/C26H24N2O5S/c1-16-23(25(30)33-4)19(12-10-17-8-6-5-7-9-17)28-24(29)22(34-26(28)27-16)15-18-11-13-20(31-2)21(14-18)32-3/h5-15,19H,1-4H3. The number of esters is 1. The van der Waals surface area contributed by atoms with Crippen molar-refractivity contribution in [2.75, 3.05) is 21.3 Å². The summed E-state index contributed by atoms with van der Waals surface area (Å²) >= 11 is 1.27.